The molecule has 0 spiro atoms. The topological polar surface area (TPSA) is 17.1 Å². The molecule has 0 heterocycles. The van der Waals surface area contributed by atoms with E-state index in [1.54, 1.807) is 6.92 Å². The lowest BCUT2D eigenvalue weighted by atomic mass is 9.93. The van der Waals surface area contributed by atoms with E-state index in [1.807, 2.05) is 12.1 Å². The fourth-order valence-electron chi connectivity index (χ4n) is 2.82. The van der Waals surface area contributed by atoms with E-state index in [-0.39, 0.29) is 5.78 Å². The van der Waals surface area contributed by atoms with E-state index in [0.717, 1.165) is 12.0 Å². The molecule has 1 aromatic carbocycles. The van der Waals surface area contributed by atoms with Gasteiger partial charge < -0.3 is 0 Å². The maximum Gasteiger partial charge on any atom is 0.160 e. The Hall–Kier alpha value is -1.11. The Morgan fingerprint density at radius 1 is 1.44 bits per heavy atom. The number of hydrogen-bond acceptors (Lipinski definition) is 1. The molecule has 0 radical (unpaired) electrons. The van der Waals surface area contributed by atoms with Crippen LogP contribution in [0.5, 0.6) is 0 Å². The summed E-state index contributed by atoms with van der Waals surface area (Å²) in [6.45, 7) is 3.91. The minimum absolute atomic E-state index is 0.216. The maximum absolute atomic E-state index is 11.5. The molecular weight excluding hydrogens is 196 g/mol. The number of rotatable bonds is 4. The zero-order chi connectivity index (χ0) is 11.5. The lowest BCUT2D eigenvalue weighted by Gasteiger charge is -2.11. The SMILES string of the molecule is CCCCC1CCc2c(C(C)=O)cccc21. The summed E-state index contributed by atoms with van der Waals surface area (Å²) >= 11 is 0. The number of hydrogen-bond donors (Lipinski definition) is 0. The molecule has 16 heavy (non-hydrogen) atoms. The summed E-state index contributed by atoms with van der Waals surface area (Å²) in [6, 6.07) is 6.23. The zero-order valence-electron chi connectivity index (χ0n) is 10.3. The van der Waals surface area contributed by atoms with Gasteiger partial charge in [0, 0.05) is 5.56 Å². The number of carbonyl (C=O) groups is 1. The van der Waals surface area contributed by atoms with Crippen molar-refractivity contribution in [1.82, 2.24) is 0 Å². The van der Waals surface area contributed by atoms with E-state index >= 15 is 0 Å². The molecule has 0 aliphatic heterocycles. The average Bonchev–Trinajstić information content (AvgIpc) is 2.69. The normalized spacial score (nSPS) is 18.5. The first-order valence-corrected chi connectivity index (χ1v) is 6.36. The van der Waals surface area contributed by atoms with Gasteiger partial charge in [-0.05, 0) is 43.2 Å². The van der Waals surface area contributed by atoms with Crippen LogP contribution in [0, 0.1) is 0 Å². The monoisotopic (exact) mass is 216 g/mol. The molecule has 0 saturated heterocycles. The van der Waals surface area contributed by atoms with Crippen molar-refractivity contribution in [3.63, 3.8) is 0 Å². The van der Waals surface area contributed by atoms with E-state index in [0.29, 0.717) is 5.92 Å². The van der Waals surface area contributed by atoms with Gasteiger partial charge in [-0.25, -0.2) is 0 Å². The Kier molecular flexibility index (Phi) is 3.42. The standard InChI is InChI=1S/C15H20O/c1-3-4-6-12-9-10-15-13(11(2)16)7-5-8-14(12)15/h5,7-8,12H,3-4,6,9-10H2,1-2H3. The van der Waals surface area contributed by atoms with Crippen molar-refractivity contribution < 1.29 is 4.79 Å². The highest BCUT2D eigenvalue weighted by Gasteiger charge is 2.24. The van der Waals surface area contributed by atoms with E-state index < -0.39 is 0 Å². The second-order valence-corrected chi connectivity index (χ2v) is 4.81. The molecule has 0 bridgehead atoms. The van der Waals surface area contributed by atoms with Gasteiger partial charge in [0.15, 0.2) is 5.78 Å². The van der Waals surface area contributed by atoms with Crippen molar-refractivity contribution in [3.8, 4) is 0 Å². The Bertz CT molecular complexity index is 392. The Balaban J connectivity index is 2.27. The van der Waals surface area contributed by atoms with Gasteiger partial charge in [-0.2, -0.15) is 0 Å². The predicted molar refractivity (Wildman–Crippen MR) is 67.0 cm³/mol. The molecule has 1 atom stereocenters. The zero-order valence-corrected chi connectivity index (χ0v) is 10.3. The highest BCUT2D eigenvalue weighted by atomic mass is 16.1. The van der Waals surface area contributed by atoms with Gasteiger partial charge in [-0.15, -0.1) is 0 Å². The molecule has 1 aliphatic carbocycles. The molecule has 1 nitrogen and oxygen atoms in total. The summed E-state index contributed by atoms with van der Waals surface area (Å²) < 4.78 is 0. The highest BCUT2D eigenvalue weighted by Crippen LogP contribution is 2.38. The number of ketones is 1. The lowest BCUT2D eigenvalue weighted by Crippen LogP contribution is -1.99. The second kappa shape index (κ2) is 4.82. The van der Waals surface area contributed by atoms with Crippen molar-refractivity contribution in [2.75, 3.05) is 0 Å². The number of Topliss-reactive ketones (excluding diaryl/α,β-unsaturated/α-hetero) is 1. The molecule has 0 fully saturated rings. The third kappa shape index (κ3) is 2.04. The fraction of sp³-hybridized carbons (Fsp3) is 0.533. The molecule has 0 aromatic heterocycles. The van der Waals surface area contributed by atoms with Gasteiger partial charge >= 0.3 is 0 Å². The van der Waals surface area contributed by atoms with Crippen molar-refractivity contribution in [2.24, 2.45) is 0 Å². The van der Waals surface area contributed by atoms with E-state index in [9.17, 15) is 4.79 Å². The molecule has 2 rings (SSSR count). The summed E-state index contributed by atoms with van der Waals surface area (Å²) in [5.41, 5.74) is 3.73. The largest absolute Gasteiger partial charge is 0.295 e. The third-order valence-corrected chi connectivity index (χ3v) is 3.68. The summed E-state index contributed by atoms with van der Waals surface area (Å²) in [6.07, 6.45) is 6.18. The van der Waals surface area contributed by atoms with Crippen molar-refractivity contribution in [2.45, 2.75) is 51.9 Å². The number of unbranched alkanes of at least 4 members (excludes halogenated alkanes) is 1. The van der Waals surface area contributed by atoms with Crippen LogP contribution in [-0.4, -0.2) is 5.78 Å². The van der Waals surface area contributed by atoms with E-state index in [1.165, 1.54) is 36.8 Å². The molecule has 1 aliphatic rings. The second-order valence-electron chi connectivity index (χ2n) is 4.81. The summed E-state index contributed by atoms with van der Waals surface area (Å²) in [7, 11) is 0. The van der Waals surface area contributed by atoms with Gasteiger partial charge in [-0.1, -0.05) is 38.0 Å². The third-order valence-electron chi connectivity index (χ3n) is 3.68. The van der Waals surface area contributed by atoms with Crippen LogP contribution < -0.4 is 0 Å². The number of benzene rings is 1. The minimum Gasteiger partial charge on any atom is -0.295 e. The molecule has 0 saturated carbocycles. The molecule has 86 valence electrons. The van der Waals surface area contributed by atoms with E-state index in [2.05, 4.69) is 13.0 Å². The van der Waals surface area contributed by atoms with Gasteiger partial charge in [0.05, 0.1) is 0 Å². The Labute approximate surface area is 97.9 Å². The lowest BCUT2D eigenvalue weighted by molar-refractivity contribution is 0.101. The van der Waals surface area contributed by atoms with Gasteiger partial charge in [0.1, 0.15) is 0 Å². The molecule has 1 aromatic rings. The highest BCUT2D eigenvalue weighted by molar-refractivity contribution is 5.96. The first-order valence-electron chi connectivity index (χ1n) is 6.36. The first-order chi connectivity index (χ1) is 7.74. The molecule has 0 amide bonds. The molecular formula is C15H20O. The molecule has 1 heteroatoms. The maximum atomic E-state index is 11.5. The Morgan fingerprint density at radius 2 is 2.25 bits per heavy atom. The predicted octanol–water partition coefficient (Wildman–Crippen LogP) is 4.11. The van der Waals surface area contributed by atoms with Crippen molar-refractivity contribution >= 4 is 5.78 Å². The average molecular weight is 216 g/mol. The summed E-state index contributed by atoms with van der Waals surface area (Å²) in [5, 5.41) is 0. The molecule has 1 unspecified atom stereocenters. The van der Waals surface area contributed by atoms with Crippen LogP contribution in [0.4, 0.5) is 0 Å². The van der Waals surface area contributed by atoms with Crippen LogP contribution in [0.25, 0.3) is 0 Å². The smallest absolute Gasteiger partial charge is 0.160 e. The van der Waals surface area contributed by atoms with Crippen LogP contribution in [0.3, 0.4) is 0 Å². The quantitative estimate of drug-likeness (QED) is 0.692. The summed E-state index contributed by atoms with van der Waals surface area (Å²) in [5.74, 6) is 0.919. The van der Waals surface area contributed by atoms with Crippen LogP contribution >= 0.6 is 0 Å². The fourth-order valence-corrected chi connectivity index (χ4v) is 2.82. The Morgan fingerprint density at radius 3 is 2.94 bits per heavy atom. The van der Waals surface area contributed by atoms with Crippen molar-refractivity contribution in [1.29, 1.82) is 0 Å². The number of fused-ring (bicyclic) bond motifs is 1. The van der Waals surface area contributed by atoms with Crippen LogP contribution in [-0.2, 0) is 6.42 Å². The minimum atomic E-state index is 0.216. The van der Waals surface area contributed by atoms with Gasteiger partial charge in [0.2, 0.25) is 0 Å². The van der Waals surface area contributed by atoms with Crippen LogP contribution in [0.2, 0.25) is 0 Å². The van der Waals surface area contributed by atoms with Gasteiger partial charge in [-0.3, -0.25) is 4.79 Å². The molecule has 0 N–H and O–H groups in total. The van der Waals surface area contributed by atoms with Gasteiger partial charge in [0.25, 0.3) is 0 Å². The first kappa shape index (κ1) is 11.4. The van der Waals surface area contributed by atoms with E-state index in [4.69, 9.17) is 0 Å². The summed E-state index contributed by atoms with van der Waals surface area (Å²) in [4.78, 5) is 11.5. The number of carbonyl (C=O) groups excluding carboxylic acids is 1. The van der Waals surface area contributed by atoms with Crippen LogP contribution in [0.15, 0.2) is 18.2 Å². The van der Waals surface area contributed by atoms with Crippen LogP contribution in [0.1, 0.15) is 66.9 Å². The van der Waals surface area contributed by atoms with Crippen molar-refractivity contribution in [3.05, 3.63) is 34.9 Å².